The lowest BCUT2D eigenvalue weighted by atomic mass is 10.2. The first-order chi connectivity index (χ1) is 10.7. The van der Waals surface area contributed by atoms with Crippen molar-refractivity contribution in [3.63, 3.8) is 0 Å². The number of carbonyl (C=O) groups is 1. The summed E-state index contributed by atoms with van der Waals surface area (Å²) in [6, 6.07) is 14.3. The van der Waals surface area contributed by atoms with Crippen LogP contribution in [0, 0.1) is 0 Å². The molecule has 0 radical (unpaired) electrons. The fourth-order valence-electron chi connectivity index (χ4n) is 2.04. The Hall–Kier alpha value is -2.59. The Morgan fingerprint density at radius 3 is 2.77 bits per heavy atom. The minimum atomic E-state index is -0.488. The van der Waals surface area contributed by atoms with Crippen LogP contribution in [0.4, 0.5) is 0 Å². The number of rotatable bonds is 3. The van der Waals surface area contributed by atoms with Gasteiger partial charge in [0.1, 0.15) is 5.75 Å². The van der Waals surface area contributed by atoms with Gasteiger partial charge in [0.2, 0.25) is 5.90 Å². The summed E-state index contributed by atoms with van der Waals surface area (Å²) < 4.78 is 10.4. The molecule has 1 aliphatic rings. The van der Waals surface area contributed by atoms with Crippen LogP contribution >= 0.6 is 11.6 Å². The van der Waals surface area contributed by atoms with E-state index in [9.17, 15) is 4.79 Å². The van der Waals surface area contributed by atoms with E-state index in [0.29, 0.717) is 16.3 Å². The maximum absolute atomic E-state index is 11.9. The van der Waals surface area contributed by atoms with E-state index in [2.05, 4.69) is 4.99 Å². The maximum Gasteiger partial charge on any atom is 0.363 e. The van der Waals surface area contributed by atoms with Crippen molar-refractivity contribution in [2.75, 3.05) is 7.11 Å². The lowest BCUT2D eigenvalue weighted by molar-refractivity contribution is -0.129. The number of benzene rings is 2. The fourth-order valence-corrected chi connectivity index (χ4v) is 2.23. The average molecular weight is 314 g/mol. The number of nitrogens with zero attached hydrogens (tertiary/aromatic N) is 1. The molecule has 0 spiro atoms. The average Bonchev–Trinajstić information content (AvgIpc) is 2.89. The summed E-state index contributed by atoms with van der Waals surface area (Å²) in [6.07, 6.45) is 1.66. The number of methoxy groups -OCH3 is 1. The minimum Gasteiger partial charge on any atom is -0.497 e. The number of ether oxygens (including phenoxy) is 2. The third kappa shape index (κ3) is 3.02. The number of hydrogen-bond donors (Lipinski definition) is 0. The molecular formula is C17H12ClNO3. The number of carbonyl (C=O) groups excluding carboxylic acids is 1. The Kier molecular flexibility index (Phi) is 3.94. The zero-order chi connectivity index (χ0) is 15.5. The molecule has 1 aliphatic heterocycles. The Balaban J connectivity index is 1.94. The molecule has 0 aromatic heterocycles. The number of halogens is 1. The summed E-state index contributed by atoms with van der Waals surface area (Å²) >= 11 is 5.94. The Labute approximate surface area is 132 Å². The SMILES string of the molecule is COc1cccc(/C=C2/N=C(c3cccc(Cl)c3)OC2=O)c1. The molecule has 0 atom stereocenters. The van der Waals surface area contributed by atoms with Gasteiger partial charge >= 0.3 is 5.97 Å². The molecule has 2 aromatic carbocycles. The number of cyclic esters (lactones) is 1. The van der Waals surface area contributed by atoms with Crippen LogP contribution in [0.3, 0.4) is 0 Å². The first-order valence-electron chi connectivity index (χ1n) is 6.58. The van der Waals surface area contributed by atoms with Crippen LogP contribution in [0.15, 0.2) is 59.2 Å². The molecule has 0 unspecified atom stereocenters. The van der Waals surface area contributed by atoms with Gasteiger partial charge in [0, 0.05) is 10.6 Å². The molecule has 0 bridgehead atoms. The van der Waals surface area contributed by atoms with Crippen molar-refractivity contribution in [3.8, 4) is 5.75 Å². The van der Waals surface area contributed by atoms with Gasteiger partial charge in [0.15, 0.2) is 5.70 Å². The van der Waals surface area contributed by atoms with Crippen molar-refractivity contribution in [3.05, 3.63) is 70.4 Å². The van der Waals surface area contributed by atoms with Crippen LogP contribution in [0.5, 0.6) is 5.75 Å². The van der Waals surface area contributed by atoms with Crippen LogP contribution in [0.25, 0.3) is 6.08 Å². The van der Waals surface area contributed by atoms with Gasteiger partial charge in [0.05, 0.1) is 7.11 Å². The van der Waals surface area contributed by atoms with Crippen LogP contribution in [0.2, 0.25) is 5.02 Å². The van der Waals surface area contributed by atoms with E-state index in [0.717, 1.165) is 5.56 Å². The summed E-state index contributed by atoms with van der Waals surface area (Å²) in [5, 5.41) is 0.557. The molecule has 0 saturated heterocycles. The summed E-state index contributed by atoms with van der Waals surface area (Å²) in [4.78, 5) is 16.2. The summed E-state index contributed by atoms with van der Waals surface area (Å²) in [6.45, 7) is 0. The van der Waals surface area contributed by atoms with Gasteiger partial charge in [-0.25, -0.2) is 9.79 Å². The molecule has 110 valence electrons. The lowest BCUT2D eigenvalue weighted by Gasteiger charge is -2.00. The van der Waals surface area contributed by atoms with E-state index in [1.54, 1.807) is 37.5 Å². The Morgan fingerprint density at radius 1 is 1.18 bits per heavy atom. The zero-order valence-corrected chi connectivity index (χ0v) is 12.5. The highest BCUT2D eigenvalue weighted by Crippen LogP contribution is 2.22. The van der Waals surface area contributed by atoms with E-state index in [-0.39, 0.29) is 11.6 Å². The Morgan fingerprint density at radius 2 is 2.00 bits per heavy atom. The predicted octanol–water partition coefficient (Wildman–Crippen LogP) is 3.69. The molecule has 0 amide bonds. The first kappa shape index (κ1) is 14.4. The van der Waals surface area contributed by atoms with Crippen molar-refractivity contribution < 1.29 is 14.3 Å². The second-order valence-electron chi connectivity index (χ2n) is 4.62. The number of esters is 1. The van der Waals surface area contributed by atoms with Crippen molar-refractivity contribution in [1.29, 1.82) is 0 Å². The molecule has 3 rings (SSSR count). The number of hydrogen-bond acceptors (Lipinski definition) is 4. The summed E-state index contributed by atoms with van der Waals surface area (Å²) in [5.74, 6) is 0.471. The number of aliphatic imine (C=N–C) groups is 1. The first-order valence-corrected chi connectivity index (χ1v) is 6.96. The normalized spacial score (nSPS) is 15.6. The highest BCUT2D eigenvalue weighted by Gasteiger charge is 2.24. The second kappa shape index (κ2) is 6.03. The van der Waals surface area contributed by atoms with Gasteiger partial charge in [-0.05, 0) is 42.0 Å². The molecule has 2 aromatic rings. The summed E-state index contributed by atoms with van der Waals surface area (Å²) in [5.41, 5.74) is 1.71. The van der Waals surface area contributed by atoms with Gasteiger partial charge in [0.25, 0.3) is 0 Å². The highest BCUT2D eigenvalue weighted by atomic mass is 35.5. The molecule has 22 heavy (non-hydrogen) atoms. The molecule has 4 nitrogen and oxygen atoms in total. The largest absolute Gasteiger partial charge is 0.497 e. The van der Waals surface area contributed by atoms with Crippen LogP contribution in [0.1, 0.15) is 11.1 Å². The second-order valence-corrected chi connectivity index (χ2v) is 5.06. The van der Waals surface area contributed by atoms with Crippen molar-refractivity contribution in [2.24, 2.45) is 4.99 Å². The summed E-state index contributed by atoms with van der Waals surface area (Å²) in [7, 11) is 1.59. The standard InChI is InChI=1S/C17H12ClNO3/c1-21-14-7-2-4-11(8-14)9-15-17(20)22-16(19-15)12-5-3-6-13(18)10-12/h2-10H,1H3/b15-9+. The van der Waals surface area contributed by atoms with Crippen LogP contribution in [-0.2, 0) is 9.53 Å². The molecule has 1 heterocycles. The van der Waals surface area contributed by atoms with Crippen molar-refractivity contribution in [2.45, 2.75) is 0 Å². The highest BCUT2D eigenvalue weighted by molar-refractivity contribution is 6.31. The smallest absolute Gasteiger partial charge is 0.363 e. The molecule has 0 N–H and O–H groups in total. The predicted molar refractivity (Wildman–Crippen MR) is 85.1 cm³/mol. The lowest BCUT2D eigenvalue weighted by Crippen LogP contribution is -2.05. The quantitative estimate of drug-likeness (QED) is 0.641. The molecule has 5 heteroatoms. The molecule has 0 aliphatic carbocycles. The van der Waals surface area contributed by atoms with Crippen molar-refractivity contribution in [1.82, 2.24) is 0 Å². The monoisotopic (exact) mass is 313 g/mol. The third-order valence-electron chi connectivity index (χ3n) is 3.09. The zero-order valence-electron chi connectivity index (χ0n) is 11.7. The van der Waals surface area contributed by atoms with Crippen LogP contribution in [-0.4, -0.2) is 19.0 Å². The van der Waals surface area contributed by atoms with E-state index in [1.165, 1.54) is 0 Å². The molecular weight excluding hydrogens is 302 g/mol. The fraction of sp³-hybridized carbons (Fsp3) is 0.0588. The third-order valence-corrected chi connectivity index (χ3v) is 3.32. The maximum atomic E-state index is 11.9. The van der Waals surface area contributed by atoms with Crippen LogP contribution < -0.4 is 4.74 Å². The van der Waals surface area contributed by atoms with Gasteiger partial charge in [-0.3, -0.25) is 0 Å². The van der Waals surface area contributed by atoms with Crippen molar-refractivity contribution >= 4 is 29.5 Å². The minimum absolute atomic E-state index is 0.239. The van der Waals surface area contributed by atoms with E-state index in [1.807, 2.05) is 24.3 Å². The van der Waals surface area contributed by atoms with E-state index < -0.39 is 5.97 Å². The Bertz CT molecular complexity index is 796. The van der Waals surface area contributed by atoms with Gasteiger partial charge in [-0.2, -0.15) is 0 Å². The van der Waals surface area contributed by atoms with E-state index >= 15 is 0 Å². The van der Waals surface area contributed by atoms with Gasteiger partial charge in [-0.1, -0.05) is 29.8 Å². The van der Waals surface area contributed by atoms with Gasteiger partial charge in [-0.15, -0.1) is 0 Å². The molecule has 0 saturated carbocycles. The van der Waals surface area contributed by atoms with Gasteiger partial charge < -0.3 is 9.47 Å². The molecule has 0 fully saturated rings. The topological polar surface area (TPSA) is 47.9 Å². The van der Waals surface area contributed by atoms with E-state index in [4.69, 9.17) is 21.1 Å².